The molecule has 2 aromatic heterocycles. The van der Waals surface area contributed by atoms with E-state index in [1.54, 1.807) is 6.33 Å². The van der Waals surface area contributed by atoms with E-state index in [0.717, 1.165) is 35.4 Å². The highest BCUT2D eigenvalue weighted by Crippen LogP contribution is 2.19. The summed E-state index contributed by atoms with van der Waals surface area (Å²) in [5.74, 6) is 0.836. The zero-order valence-electron chi connectivity index (χ0n) is 10.2. The number of benzene rings is 1. The number of para-hydroxylation sites is 1. The van der Waals surface area contributed by atoms with E-state index < -0.39 is 0 Å². The van der Waals surface area contributed by atoms with Crippen LogP contribution < -0.4 is 0 Å². The molecule has 0 radical (unpaired) electrons. The minimum Gasteiger partial charge on any atom is -0.312 e. The number of hydrogen-bond donors (Lipinski definition) is 0. The molecule has 0 aliphatic rings. The van der Waals surface area contributed by atoms with Crippen molar-refractivity contribution in [3.63, 3.8) is 0 Å². The summed E-state index contributed by atoms with van der Waals surface area (Å²) in [4.78, 5) is 4.64. The third-order valence-electron chi connectivity index (χ3n) is 2.91. The predicted molar refractivity (Wildman–Crippen MR) is 71.1 cm³/mol. The summed E-state index contributed by atoms with van der Waals surface area (Å²) >= 11 is 0. The molecule has 0 aliphatic heterocycles. The van der Waals surface area contributed by atoms with Crippen molar-refractivity contribution >= 4 is 10.9 Å². The fraction of sp³-hybridized carbons (Fsp3) is 0.214. The highest BCUT2D eigenvalue weighted by atomic mass is 15.3. The quantitative estimate of drug-likeness (QED) is 0.704. The minimum atomic E-state index is 0.836. The van der Waals surface area contributed by atoms with E-state index in [9.17, 15) is 0 Å². The number of aryl methyl sites for hydroxylation is 1. The van der Waals surface area contributed by atoms with Crippen LogP contribution in [-0.2, 0) is 6.54 Å². The maximum atomic E-state index is 4.64. The molecular formula is C14H14N4. The summed E-state index contributed by atoms with van der Waals surface area (Å²) < 4.78 is 2.04. The molecule has 2 heterocycles. The Bertz CT molecular complexity index is 672. The fourth-order valence-electron chi connectivity index (χ4n) is 2.05. The lowest BCUT2D eigenvalue weighted by Gasteiger charge is -2.05. The normalized spacial score (nSPS) is 10.9. The van der Waals surface area contributed by atoms with Crippen LogP contribution in [0.25, 0.3) is 22.4 Å². The molecule has 0 bridgehead atoms. The van der Waals surface area contributed by atoms with Gasteiger partial charge in [0.15, 0.2) is 5.82 Å². The summed E-state index contributed by atoms with van der Waals surface area (Å²) in [6.07, 6.45) is 2.81. The molecule has 1 aromatic carbocycles. The second-order valence-corrected chi connectivity index (χ2v) is 4.24. The second kappa shape index (κ2) is 4.56. The van der Waals surface area contributed by atoms with Crippen LogP contribution in [0, 0.1) is 0 Å². The molecular weight excluding hydrogens is 224 g/mol. The largest absolute Gasteiger partial charge is 0.312 e. The van der Waals surface area contributed by atoms with Gasteiger partial charge in [-0.25, -0.2) is 4.98 Å². The van der Waals surface area contributed by atoms with Crippen molar-refractivity contribution in [1.82, 2.24) is 19.7 Å². The Hall–Kier alpha value is -2.23. The van der Waals surface area contributed by atoms with Crippen LogP contribution in [0.2, 0.25) is 0 Å². The standard InChI is InChI=1S/C14H14N4/c1-2-9-18-10-15-17-14(18)13-8-7-11-5-3-4-6-12(11)16-13/h3-8,10H,2,9H2,1H3. The van der Waals surface area contributed by atoms with Crippen molar-refractivity contribution < 1.29 is 0 Å². The van der Waals surface area contributed by atoms with E-state index in [2.05, 4.69) is 34.2 Å². The molecule has 0 aliphatic carbocycles. The molecule has 0 fully saturated rings. The van der Waals surface area contributed by atoms with Crippen LogP contribution >= 0.6 is 0 Å². The number of aromatic nitrogens is 4. The summed E-state index contributed by atoms with van der Waals surface area (Å²) in [6.45, 7) is 3.05. The molecule has 0 atom stereocenters. The van der Waals surface area contributed by atoms with Crippen LogP contribution in [-0.4, -0.2) is 19.7 Å². The summed E-state index contributed by atoms with van der Waals surface area (Å²) in [7, 11) is 0. The van der Waals surface area contributed by atoms with Crippen LogP contribution in [0.3, 0.4) is 0 Å². The molecule has 0 spiro atoms. The van der Waals surface area contributed by atoms with Gasteiger partial charge in [0.05, 0.1) is 5.52 Å². The monoisotopic (exact) mass is 238 g/mol. The number of nitrogens with zero attached hydrogens (tertiary/aromatic N) is 4. The molecule has 18 heavy (non-hydrogen) atoms. The smallest absolute Gasteiger partial charge is 0.182 e. The topological polar surface area (TPSA) is 43.6 Å². The molecule has 0 amide bonds. The van der Waals surface area contributed by atoms with Crippen molar-refractivity contribution in [2.75, 3.05) is 0 Å². The Morgan fingerprint density at radius 1 is 1.11 bits per heavy atom. The van der Waals surface area contributed by atoms with Gasteiger partial charge in [0.1, 0.15) is 12.0 Å². The Balaban J connectivity index is 2.10. The highest BCUT2D eigenvalue weighted by Gasteiger charge is 2.08. The Morgan fingerprint density at radius 2 is 2.00 bits per heavy atom. The van der Waals surface area contributed by atoms with E-state index in [0.29, 0.717) is 0 Å². The van der Waals surface area contributed by atoms with Gasteiger partial charge in [0.2, 0.25) is 0 Å². The van der Waals surface area contributed by atoms with E-state index in [1.165, 1.54) is 0 Å². The first-order chi connectivity index (χ1) is 8.88. The van der Waals surface area contributed by atoms with Crippen molar-refractivity contribution in [3.05, 3.63) is 42.7 Å². The fourth-order valence-corrected chi connectivity index (χ4v) is 2.05. The molecule has 90 valence electrons. The number of fused-ring (bicyclic) bond motifs is 1. The van der Waals surface area contributed by atoms with Crippen molar-refractivity contribution in [2.24, 2.45) is 0 Å². The first-order valence-corrected chi connectivity index (χ1v) is 6.12. The van der Waals surface area contributed by atoms with Crippen LogP contribution in [0.5, 0.6) is 0 Å². The molecule has 0 saturated heterocycles. The SMILES string of the molecule is CCCn1cnnc1-c1ccc2ccccc2n1. The molecule has 0 N–H and O–H groups in total. The molecule has 4 heteroatoms. The summed E-state index contributed by atoms with van der Waals surface area (Å²) in [6, 6.07) is 12.2. The maximum absolute atomic E-state index is 4.64. The van der Waals surface area contributed by atoms with Gasteiger partial charge in [0, 0.05) is 11.9 Å². The van der Waals surface area contributed by atoms with Gasteiger partial charge >= 0.3 is 0 Å². The third-order valence-corrected chi connectivity index (χ3v) is 2.91. The molecule has 4 nitrogen and oxygen atoms in total. The van der Waals surface area contributed by atoms with Gasteiger partial charge in [0.25, 0.3) is 0 Å². The van der Waals surface area contributed by atoms with Gasteiger partial charge < -0.3 is 4.57 Å². The lowest BCUT2D eigenvalue weighted by atomic mass is 10.2. The summed E-state index contributed by atoms with van der Waals surface area (Å²) in [5.41, 5.74) is 1.86. The van der Waals surface area contributed by atoms with Gasteiger partial charge in [-0.3, -0.25) is 0 Å². The zero-order chi connectivity index (χ0) is 12.4. The zero-order valence-corrected chi connectivity index (χ0v) is 10.2. The third kappa shape index (κ3) is 1.86. The molecule has 0 saturated carbocycles. The van der Waals surface area contributed by atoms with E-state index >= 15 is 0 Å². The minimum absolute atomic E-state index is 0.836. The highest BCUT2D eigenvalue weighted by molar-refractivity contribution is 5.80. The van der Waals surface area contributed by atoms with Crippen molar-refractivity contribution in [3.8, 4) is 11.5 Å². The van der Waals surface area contributed by atoms with Gasteiger partial charge in [-0.2, -0.15) is 0 Å². The molecule has 3 rings (SSSR count). The van der Waals surface area contributed by atoms with Crippen LogP contribution in [0.15, 0.2) is 42.7 Å². The lowest BCUT2D eigenvalue weighted by Crippen LogP contribution is -1.99. The Morgan fingerprint density at radius 3 is 2.89 bits per heavy atom. The van der Waals surface area contributed by atoms with Gasteiger partial charge in [-0.1, -0.05) is 31.2 Å². The predicted octanol–water partition coefficient (Wildman–Crippen LogP) is 2.90. The van der Waals surface area contributed by atoms with E-state index in [4.69, 9.17) is 0 Å². The number of pyridine rings is 1. The van der Waals surface area contributed by atoms with Crippen molar-refractivity contribution in [1.29, 1.82) is 0 Å². The number of rotatable bonds is 3. The van der Waals surface area contributed by atoms with Crippen LogP contribution in [0.4, 0.5) is 0 Å². The average molecular weight is 238 g/mol. The molecule has 3 aromatic rings. The number of hydrogen-bond acceptors (Lipinski definition) is 3. The lowest BCUT2D eigenvalue weighted by molar-refractivity contribution is 0.681. The Kier molecular flexibility index (Phi) is 2.76. The second-order valence-electron chi connectivity index (χ2n) is 4.24. The molecule has 0 unspecified atom stereocenters. The van der Waals surface area contributed by atoms with E-state index in [-0.39, 0.29) is 0 Å². The van der Waals surface area contributed by atoms with Crippen LogP contribution in [0.1, 0.15) is 13.3 Å². The van der Waals surface area contributed by atoms with Crippen molar-refractivity contribution in [2.45, 2.75) is 19.9 Å². The average Bonchev–Trinajstić information content (AvgIpc) is 2.87. The van der Waals surface area contributed by atoms with Gasteiger partial charge in [-0.15, -0.1) is 10.2 Å². The van der Waals surface area contributed by atoms with Gasteiger partial charge in [-0.05, 0) is 18.6 Å². The maximum Gasteiger partial charge on any atom is 0.182 e. The first-order valence-electron chi connectivity index (χ1n) is 6.12. The Labute approximate surface area is 105 Å². The summed E-state index contributed by atoms with van der Waals surface area (Å²) in [5, 5.41) is 9.27. The van der Waals surface area contributed by atoms with E-state index in [1.807, 2.05) is 28.8 Å². The first kappa shape index (κ1) is 10.9.